The smallest absolute Gasteiger partial charge is 0.0392 e. The van der Waals surface area contributed by atoms with Crippen LogP contribution in [0.15, 0.2) is 145 Å². The van der Waals surface area contributed by atoms with Gasteiger partial charge in [-0.2, -0.15) is 0 Å². The lowest BCUT2D eigenvalue weighted by atomic mass is 9.74. The third-order valence-corrected chi connectivity index (χ3v) is 7.41. The normalized spacial score (nSPS) is 18.9. The lowest BCUT2D eigenvalue weighted by Crippen LogP contribution is -2.22. The molecule has 2 aliphatic carbocycles. The Kier molecular flexibility index (Phi) is 17.3. The Balaban J connectivity index is 0.000000364. The number of rotatable bonds is 9. The highest BCUT2D eigenvalue weighted by atomic mass is 14.8. The molecule has 0 fully saturated rings. The molecule has 2 aromatic carbocycles. The highest BCUT2D eigenvalue weighted by Gasteiger charge is 2.38. The zero-order valence-corrected chi connectivity index (χ0v) is 27.6. The zero-order valence-electron chi connectivity index (χ0n) is 27.6. The molecule has 0 heterocycles. The summed E-state index contributed by atoms with van der Waals surface area (Å²) in [6, 6.07) is 19.6. The van der Waals surface area contributed by atoms with Gasteiger partial charge in [0.2, 0.25) is 0 Å². The van der Waals surface area contributed by atoms with Crippen molar-refractivity contribution in [3.8, 4) is 0 Å². The van der Waals surface area contributed by atoms with Gasteiger partial charge in [0, 0.05) is 23.7 Å². The molecule has 0 amide bonds. The first-order chi connectivity index (χ1) is 20.3. The first-order valence-corrected chi connectivity index (χ1v) is 15.6. The van der Waals surface area contributed by atoms with Gasteiger partial charge < -0.3 is 5.32 Å². The Labute approximate surface area is 258 Å². The van der Waals surface area contributed by atoms with Gasteiger partial charge in [-0.3, -0.25) is 0 Å². The molecule has 2 unspecified atom stereocenters. The van der Waals surface area contributed by atoms with Crippen LogP contribution in [0.25, 0.3) is 5.57 Å². The Morgan fingerprint density at radius 2 is 1.57 bits per heavy atom. The van der Waals surface area contributed by atoms with Gasteiger partial charge in [0.15, 0.2) is 0 Å². The van der Waals surface area contributed by atoms with Crippen molar-refractivity contribution in [1.82, 2.24) is 5.32 Å². The quantitative estimate of drug-likeness (QED) is 0.300. The SMILES string of the molecule is C=C/C=C(\C=C/N/C=C\C=C/CC)CC1C=CC1=C.CC.CC1=C(C)C(C)(c2ccccc2)c2ccccc21.CCC. The summed E-state index contributed by atoms with van der Waals surface area (Å²) in [5.74, 6) is 0.485. The molecule has 0 radical (unpaired) electrons. The Bertz CT molecular complexity index is 1280. The Morgan fingerprint density at radius 1 is 0.929 bits per heavy atom. The van der Waals surface area contributed by atoms with Gasteiger partial charge in [-0.1, -0.05) is 151 Å². The van der Waals surface area contributed by atoms with E-state index in [1.165, 1.54) is 45.4 Å². The minimum Gasteiger partial charge on any atom is -0.368 e. The molecule has 2 aromatic rings. The maximum Gasteiger partial charge on any atom is 0.0392 e. The lowest BCUT2D eigenvalue weighted by Gasteiger charge is -2.29. The van der Waals surface area contributed by atoms with Gasteiger partial charge in [0.1, 0.15) is 0 Å². The second kappa shape index (κ2) is 20.1. The van der Waals surface area contributed by atoms with Crippen molar-refractivity contribution in [1.29, 1.82) is 0 Å². The highest BCUT2D eigenvalue weighted by Crippen LogP contribution is 2.49. The topological polar surface area (TPSA) is 12.0 Å². The van der Waals surface area contributed by atoms with E-state index in [0.717, 1.165) is 12.8 Å². The first kappa shape index (κ1) is 36.2. The standard InChI is InChI=1S/C18H23N.C18H18.C3H8.C2H6/c1-4-6-7-8-13-19-14-12-17(9-5-2)15-18-11-10-16(18)3;1-13-14(2)18(3,15-9-5-4-6-10-15)17-12-8-7-11-16(13)17;1-3-2;1-2/h5-14,18-19H,2-4,15H2,1H3;4-12H,1-3H3;3H2,1-2H3;1-2H3/b7-6-,13-8-,14-12-,17-9+;;;. The fraction of sp³-hybridized carbons (Fsp3) is 0.317. The Hall–Kier alpha value is -3.84. The predicted molar refractivity (Wildman–Crippen MR) is 190 cm³/mol. The second-order valence-corrected chi connectivity index (χ2v) is 10.4. The largest absolute Gasteiger partial charge is 0.368 e. The van der Waals surface area contributed by atoms with Crippen LogP contribution in [0.2, 0.25) is 0 Å². The molecule has 0 saturated carbocycles. The Morgan fingerprint density at radius 3 is 2.14 bits per heavy atom. The van der Waals surface area contributed by atoms with E-state index in [9.17, 15) is 0 Å². The van der Waals surface area contributed by atoms with Crippen LogP contribution in [0.4, 0.5) is 0 Å². The molecule has 0 aromatic heterocycles. The molecule has 0 spiro atoms. The zero-order chi connectivity index (χ0) is 31.4. The van der Waals surface area contributed by atoms with Crippen LogP contribution in [-0.2, 0) is 5.41 Å². The van der Waals surface area contributed by atoms with E-state index in [0.29, 0.717) is 5.92 Å². The molecule has 1 heteroatoms. The number of hydrogen-bond donors (Lipinski definition) is 1. The number of benzene rings is 2. The predicted octanol–water partition coefficient (Wildman–Crippen LogP) is 12.1. The van der Waals surface area contributed by atoms with Crippen LogP contribution in [-0.4, -0.2) is 0 Å². The van der Waals surface area contributed by atoms with E-state index in [-0.39, 0.29) is 5.41 Å². The maximum atomic E-state index is 3.99. The fourth-order valence-electron chi connectivity index (χ4n) is 4.87. The monoisotopic (exact) mass is 561 g/mol. The van der Waals surface area contributed by atoms with Gasteiger partial charge in [-0.25, -0.2) is 0 Å². The third-order valence-electron chi connectivity index (χ3n) is 7.41. The molecular formula is C41H55N. The summed E-state index contributed by atoms with van der Waals surface area (Å²) in [4.78, 5) is 0. The van der Waals surface area contributed by atoms with Gasteiger partial charge in [-0.05, 0) is 79.2 Å². The molecule has 224 valence electrons. The summed E-state index contributed by atoms with van der Waals surface area (Å²) in [6.45, 7) is 25.0. The van der Waals surface area contributed by atoms with Crippen molar-refractivity contribution < 1.29 is 0 Å². The number of allylic oxidation sites excluding steroid dienone is 12. The molecule has 4 rings (SSSR count). The average Bonchev–Trinajstić information content (AvgIpc) is 3.22. The maximum absolute atomic E-state index is 3.99. The van der Waals surface area contributed by atoms with Crippen molar-refractivity contribution in [3.63, 3.8) is 0 Å². The van der Waals surface area contributed by atoms with Crippen molar-refractivity contribution in [2.45, 2.75) is 80.1 Å². The molecule has 1 nitrogen and oxygen atoms in total. The van der Waals surface area contributed by atoms with E-state index < -0.39 is 0 Å². The molecule has 42 heavy (non-hydrogen) atoms. The van der Waals surface area contributed by atoms with Crippen LogP contribution in [0, 0.1) is 5.92 Å². The van der Waals surface area contributed by atoms with E-state index in [4.69, 9.17) is 0 Å². The molecule has 0 bridgehead atoms. The van der Waals surface area contributed by atoms with E-state index in [2.05, 4.69) is 139 Å². The van der Waals surface area contributed by atoms with E-state index in [1.54, 1.807) is 0 Å². The number of hydrogen-bond acceptors (Lipinski definition) is 1. The van der Waals surface area contributed by atoms with E-state index >= 15 is 0 Å². The van der Waals surface area contributed by atoms with Crippen molar-refractivity contribution in [3.05, 3.63) is 162 Å². The minimum absolute atomic E-state index is 0.0297. The summed E-state index contributed by atoms with van der Waals surface area (Å²) in [6.07, 6.45) is 23.5. The summed E-state index contributed by atoms with van der Waals surface area (Å²) < 4.78 is 0. The second-order valence-electron chi connectivity index (χ2n) is 10.4. The third kappa shape index (κ3) is 10.2. The van der Waals surface area contributed by atoms with Crippen LogP contribution >= 0.6 is 0 Å². The molecule has 2 atom stereocenters. The number of nitrogens with one attached hydrogen (secondary N) is 1. The summed E-state index contributed by atoms with van der Waals surface area (Å²) >= 11 is 0. The summed E-state index contributed by atoms with van der Waals surface area (Å²) in [5, 5.41) is 3.13. The van der Waals surface area contributed by atoms with Crippen molar-refractivity contribution in [2.75, 3.05) is 0 Å². The van der Waals surface area contributed by atoms with Gasteiger partial charge in [0.25, 0.3) is 0 Å². The molecule has 0 saturated heterocycles. The van der Waals surface area contributed by atoms with E-state index in [1.807, 2.05) is 50.6 Å². The van der Waals surface area contributed by atoms with Gasteiger partial charge in [0.05, 0.1) is 0 Å². The van der Waals surface area contributed by atoms with Crippen molar-refractivity contribution >= 4 is 5.57 Å². The minimum atomic E-state index is 0.0297. The van der Waals surface area contributed by atoms with Crippen LogP contribution in [0.1, 0.15) is 91.3 Å². The lowest BCUT2D eigenvalue weighted by molar-refractivity contribution is 0.690. The number of fused-ring (bicyclic) bond motifs is 1. The first-order valence-electron chi connectivity index (χ1n) is 15.6. The molecule has 1 N–H and O–H groups in total. The molecule has 0 aliphatic heterocycles. The average molecular weight is 562 g/mol. The van der Waals surface area contributed by atoms with Crippen LogP contribution in [0.5, 0.6) is 0 Å². The fourth-order valence-corrected chi connectivity index (χ4v) is 4.87. The molecular weight excluding hydrogens is 506 g/mol. The van der Waals surface area contributed by atoms with Gasteiger partial charge >= 0.3 is 0 Å². The van der Waals surface area contributed by atoms with Crippen molar-refractivity contribution in [2.24, 2.45) is 5.92 Å². The molecule has 2 aliphatic rings. The summed E-state index contributed by atoms with van der Waals surface area (Å²) in [7, 11) is 0. The highest BCUT2D eigenvalue weighted by molar-refractivity contribution is 5.80. The summed E-state index contributed by atoms with van der Waals surface area (Å²) in [5.41, 5.74) is 9.60. The van der Waals surface area contributed by atoms with Crippen LogP contribution in [0.3, 0.4) is 0 Å². The van der Waals surface area contributed by atoms with Gasteiger partial charge in [-0.15, -0.1) is 0 Å². The van der Waals surface area contributed by atoms with Crippen LogP contribution < -0.4 is 5.32 Å².